The Kier molecular flexibility index (Phi) is 5.19. The van der Waals surface area contributed by atoms with Gasteiger partial charge in [0.2, 0.25) is 0 Å². The van der Waals surface area contributed by atoms with Gasteiger partial charge in [0.15, 0.2) is 0 Å². The summed E-state index contributed by atoms with van der Waals surface area (Å²) >= 11 is 0. The molecule has 2 aromatic heterocycles. The maximum absolute atomic E-state index is 12.1. The highest BCUT2D eigenvalue weighted by atomic mass is 16.3. The molecule has 122 valence electrons. The first-order chi connectivity index (χ1) is 11.8. The molecule has 0 aliphatic rings. The second-order valence-corrected chi connectivity index (χ2v) is 5.21. The average Bonchev–Trinajstić information content (AvgIpc) is 3.14. The molecule has 2 heterocycles. The van der Waals surface area contributed by atoms with Crippen molar-refractivity contribution in [3.05, 3.63) is 78.1 Å². The Bertz CT molecular complexity index is 773. The van der Waals surface area contributed by atoms with E-state index in [1.807, 2.05) is 18.2 Å². The van der Waals surface area contributed by atoms with Gasteiger partial charge >= 0.3 is 0 Å². The minimum atomic E-state index is -0.264. The number of aromatic nitrogens is 2. The molecule has 0 saturated carbocycles. The van der Waals surface area contributed by atoms with Crippen LogP contribution in [0.15, 0.2) is 65.5 Å². The minimum Gasteiger partial charge on any atom is -0.467 e. The summed E-state index contributed by atoms with van der Waals surface area (Å²) in [5, 5.41) is 5.97. The van der Waals surface area contributed by atoms with Crippen molar-refractivity contribution in [3.8, 4) is 0 Å². The smallest absolute Gasteiger partial charge is 0.270 e. The predicted molar refractivity (Wildman–Crippen MR) is 90.5 cm³/mol. The van der Waals surface area contributed by atoms with Crippen LogP contribution in [0, 0.1) is 0 Å². The van der Waals surface area contributed by atoms with E-state index in [9.17, 15) is 4.79 Å². The molecule has 1 aromatic carbocycles. The molecule has 0 saturated heterocycles. The lowest BCUT2D eigenvalue weighted by atomic mass is 10.1. The molecule has 2 N–H and O–H groups in total. The highest BCUT2D eigenvalue weighted by Gasteiger charge is 2.09. The molecule has 3 rings (SSSR count). The summed E-state index contributed by atoms with van der Waals surface area (Å²) in [6.07, 6.45) is 3.83. The van der Waals surface area contributed by atoms with Gasteiger partial charge in [-0.15, -0.1) is 0 Å². The van der Waals surface area contributed by atoms with Crippen LogP contribution in [0.2, 0.25) is 0 Å². The van der Waals surface area contributed by atoms with Crippen molar-refractivity contribution in [2.75, 3.05) is 11.9 Å². The van der Waals surface area contributed by atoms with E-state index < -0.39 is 0 Å². The Balaban J connectivity index is 1.52. The van der Waals surface area contributed by atoms with E-state index in [0.29, 0.717) is 23.8 Å². The number of hydrogen-bond donors (Lipinski definition) is 2. The van der Waals surface area contributed by atoms with Gasteiger partial charge in [0.1, 0.15) is 23.6 Å². The summed E-state index contributed by atoms with van der Waals surface area (Å²) in [6, 6.07) is 15.4. The average molecular weight is 322 g/mol. The fourth-order valence-electron chi connectivity index (χ4n) is 2.23. The number of anilines is 1. The lowest BCUT2D eigenvalue weighted by Crippen LogP contribution is -2.24. The minimum absolute atomic E-state index is 0.264. The molecule has 0 fully saturated rings. The first-order valence-electron chi connectivity index (χ1n) is 7.72. The maximum atomic E-state index is 12.1. The lowest BCUT2D eigenvalue weighted by Gasteiger charge is -2.07. The number of hydrogen-bond acceptors (Lipinski definition) is 5. The largest absolute Gasteiger partial charge is 0.467 e. The second-order valence-electron chi connectivity index (χ2n) is 5.21. The molecule has 0 unspecified atom stereocenters. The van der Waals surface area contributed by atoms with Crippen molar-refractivity contribution in [2.24, 2.45) is 0 Å². The zero-order valence-corrected chi connectivity index (χ0v) is 13.1. The van der Waals surface area contributed by atoms with Crippen molar-refractivity contribution in [3.63, 3.8) is 0 Å². The number of nitrogens with one attached hydrogen (secondary N) is 2. The van der Waals surface area contributed by atoms with Crippen molar-refractivity contribution in [1.29, 1.82) is 0 Å². The Morgan fingerprint density at radius 1 is 1.08 bits per heavy atom. The van der Waals surface area contributed by atoms with E-state index in [2.05, 4.69) is 32.7 Å². The Morgan fingerprint density at radius 2 is 1.96 bits per heavy atom. The summed E-state index contributed by atoms with van der Waals surface area (Å²) in [5.74, 6) is 1.06. The Morgan fingerprint density at radius 3 is 2.75 bits per heavy atom. The predicted octanol–water partition coefficient (Wildman–Crippen LogP) is 2.65. The van der Waals surface area contributed by atoms with Crippen LogP contribution in [0.25, 0.3) is 0 Å². The van der Waals surface area contributed by atoms with E-state index in [0.717, 1.165) is 13.0 Å². The van der Waals surface area contributed by atoms with E-state index in [1.54, 1.807) is 24.5 Å². The van der Waals surface area contributed by atoms with Crippen LogP contribution in [0.3, 0.4) is 0 Å². The molecule has 6 nitrogen and oxygen atoms in total. The van der Waals surface area contributed by atoms with Crippen molar-refractivity contribution < 1.29 is 9.21 Å². The fourth-order valence-corrected chi connectivity index (χ4v) is 2.23. The van der Waals surface area contributed by atoms with Crippen LogP contribution in [-0.2, 0) is 13.0 Å². The number of benzene rings is 1. The van der Waals surface area contributed by atoms with Crippen LogP contribution >= 0.6 is 0 Å². The number of amides is 1. The molecule has 0 atom stereocenters. The third-order valence-corrected chi connectivity index (χ3v) is 3.47. The van der Waals surface area contributed by atoms with Crippen LogP contribution < -0.4 is 10.6 Å². The molecule has 1 amide bonds. The number of carbonyl (C=O) groups is 1. The SMILES string of the molecule is O=C(NCc1ccco1)c1cc(NCCc2ccccc2)ncn1. The van der Waals surface area contributed by atoms with Crippen LogP contribution in [0.1, 0.15) is 21.8 Å². The lowest BCUT2D eigenvalue weighted by molar-refractivity contribution is 0.0943. The maximum Gasteiger partial charge on any atom is 0.270 e. The third-order valence-electron chi connectivity index (χ3n) is 3.47. The highest BCUT2D eigenvalue weighted by molar-refractivity contribution is 5.92. The molecule has 0 aliphatic carbocycles. The topological polar surface area (TPSA) is 80.0 Å². The monoisotopic (exact) mass is 322 g/mol. The van der Waals surface area contributed by atoms with Gasteiger partial charge in [0.25, 0.3) is 5.91 Å². The van der Waals surface area contributed by atoms with E-state index in [-0.39, 0.29) is 5.91 Å². The van der Waals surface area contributed by atoms with Gasteiger partial charge in [-0.3, -0.25) is 4.79 Å². The van der Waals surface area contributed by atoms with Crippen LogP contribution in [-0.4, -0.2) is 22.4 Å². The zero-order valence-electron chi connectivity index (χ0n) is 13.1. The second kappa shape index (κ2) is 7.92. The van der Waals surface area contributed by atoms with Gasteiger partial charge in [0, 0.05) is 12.6 Å². The summed E-state index contributed by atoms with van der Waals surface area (Å²) < 4.78 is 5.18. The van der Waals surface area contributed by atoms with E-state index >= 15 is 0 Å². The van der Waals surface area contributed by atoms with Gasteiger partial charge in [-0.2, -0.15) is 0 Å². The van der Waals surface area contributed by atoms with E-state index in [1.165, 1.54) is 11.9 Å². The summed E-state index contributed by atoms with van der Waals surface area (Å²) in [4.78, 5) is 20.3. The highest BCUT2D eigenvalue weighted by Crippen LogP contribution is 2.06. The van der Waals surface area contributed by atoms with Gasteiger partial charge in [-0.05, 0) is 24.1 Å². The summed E-state index contributed by atoms with van der Waals surface area (Å²) in [6.45, 7) is 1.06. The summed E-state index contributed by atoms with van der Waals surface area (Å²) in [5.41, 5.74) is 1.56. The van der Waals surface area contributed by atoms with Crippen molar-refractivity contribution in [2.45, 2.75) is 13.0 Å². The number of carbonyl (C=O) groups excluding carboxylic acids is 1. The molecule has 0 radical (unpaired) electrons. The molecular formula is C18H18N4O2. The van der Waals surface area contributed by atoms with Gasteiger partial charge in [-0.25, -0.2) is 9.97 Å². The number of furan rings is 1. The molecule has 0 aliphatic heterocycles. The van der Waals surface area contributed by atoms with Gasteiger partial charge in [0.05, 0.1) is 12.8 Å². The molecule has 6 heteroatoms. The molecule has 24 heavy (non-hydrogen) atoms. The van der Waals surface area contributed by atoms with E-state index in [4.69, 9.17) is 4.42 Å². The van der Waals surface area contributed by atoms with Crippen LogP contribution in [0.4, 0.5) is 5.82 Å². The first kappa shape index (κ1) is 15.7. The van der Waals surface area contributed by atoms with Crippen molar-refractivity contribution >= 4 is 11.7 Å². The molecule has 3 aromatic rings. The van der Waals surface area contributed by atoms with Crippen molar-refractivity contribution in [1.82, 2.24) is 15.3 Å². The third kappa shape index (κ3) is 4.42. The quantitative estimate of drug-likeness (QED) is 0.699. The summed E-state index contributed by atoms with van der Waals surface area (Å²) in [7, 11) is 0. The Hall–Kier alpha value is -3.15. The van der Waals surface area contributed by atoms with Crippen LogP contribution in [0.5, 0.6) is 0 Å². The molecule has 0 spiro atoms. The first-order valence-corrected chi connectivity index (χ1v) is 7.72. The number of rotatable bonds is 7. The normalized spacial score (nSPS) is 10.3. The Labute approximate surface area is 140 Å². The molecular weight excluding hydrogens is 304 g/mol. The standard InChI is InChI=1S/C18H18N4O2/c23-18(20-12-15-7-4-10-24-15)16-11-17(22-13-21-16)19-9-8-14-5-2-1-3-6-14/h1-7,10-11,13H,8-9,12H2,(H,20,23)(H,19,21,22). The van der Waals surface area contributed by atoms with Gasteiger partial charge < -0.3 is 15.1 Å². The molecule has 0 bridgehead atoms. The zero-order chi connectivity index (χ0) is 16.6. The van der Waals surface area contributed by atoms with Gasteiger partial charge in [-0.1, -0.05) is 30.3 Å². The fraction of sp³-hybridized carbons (Fsp3) is 0.167. The number of nitrogens with zero attached hydrogens (tertiary/aromatic N) is 2.